The summed E-state index contributed by atoms with van der Waals surface area (Å²) in [4.78, 5) is 12.3. The molecule has 26 heavy (non-hydrogen) atoms. The third-order valence-corrected chi connectivity index (χ3v) is 4.74. The first-order valence-corrected chi connectivity index (χ1v) is 8.78. The van der Waals surface area contributed by atoms with Crippen LogP contribution in [0.4, 0.5) is 14.5 Å². The smallest absolute Gasteiger partial charge is 0.237 e. The number of carbonyl (C=O) groups excluding carboxylic acids is 1. The number of nitrogens with zero attached hydrogens (tertiary/aromatic N) is 3. The van der Waals surface area contributed by atoms with Crippen LogP contribution in [-0.2, 0) is 4.79 Å². The molecule has 134 valence electrons. The standard InChI is InChI=1S/C17H13ClF2N4OS/c1-10(16(25)22-15-6-5-12(19)8-14(15)20)26-17-23-21-9-24(17)13-4-2-3-11(18)7-13/h2-10H,1H3,(H,22,25). The number of halogens is 3. The van der Waals surface area contributed by atoms with Gasteiger partial charge in [-0.3, -0.25) is 9.36 Å². The zero-order valence-corrected chi connectivity index (χ0v) is 15.1. The fraction of sp³-hybridized carbons (Fsp3) is 0.118. The summed E-state index contributed by atoms with van der Waals surface area (Å²) in [5.74, 6) is -1.99. The minimum absolute atomic E-state index is 0.0832. The van der Waals surface area contributed by atoms with Gasteiger partial charge < -0.3 is 5.32 Å². The van der Waals surface area contributed by atoms with Crippen LogP contribution < -0.4 is 5.32 Å². The summed E-state index contributed by atoms with van der Waals surface area (Å²) in [5.41, 5.74) is 0.669. The van der Waals surface area contributed by atoms with Gasteiger partial charge in [0.25, 0.3) is 0 Å². The lowest BCUT2D eigenvalue weighted by molar-refractivity contribution is -0.115. The molecule has 3 rings (SSSR count). The van der Waals surface area contributed by atoms with Gasteiger partial charge in [-0.1, -0.05) is 29.4 Å². The average Bonchev–Trinajstić information content (AvgIpc) is 3.05. The number of thioether (sulfide) groups is 1. The van der Waals surface area contributed by atoms with Crippen molar-refractivity contribution in [2.24, 2.45) is 0 Å². The van der Waals surface area contributed by atoms with E-state index in [-0.39, 0.29) is 5.69 Å². The molecule has 5 nitrogen and oxygen atoms in total. The number of hydrogen-bond donors (Lipinski definition) is 1. The maximum atomic E-state index is 13.7. The predicted octanol–water partition coefficient (Wildman–Crippen LogP) is 4.32. The number of nitrogens with one attached hydrogen (secondary N) is 1. The Morgan fingerprint density at radius 1 is 1.27 bits per heavy atom. The zero-order chi connectivity index (χ0) is 18.7. The molecule has 3 aromatic rings. The first-order chi connectivity index (χ1) is 12.4. The fourth-order valence-electron chi connectivity index (χ4n) is 2.14. The summed E-state index contributed by atoms with van der Waals surface area (Å²) in [6, 6.07) is 10.1. The first-order valence-electron chi connectivity index (χ1n) is 7.52. The van der Waals surface area contributed by atoms with Crippen molar-refractivity contribution in [3.05, 3.63) is 65.4 Å². The van der Waals surface area contributed by atoms with Crippen molar-refractivity contribution in [3.8, 4) is 5.69 Å². The SMILES string of the molecule is CC(Sc1nncn1-c1cccc(Cl)c1)C(=O)Nc1ccc(F)cc1F. The third-order valence-electron chi connectivity index (χ3n) is 3.44. The van der Waals surface area contributed by atoms with Gasteiger partial charge in [-0.15, -0.1) is 10.2 Å². The van der Waals surface area contributed by atoms with E-state index in [0.29, 0.717) is 16.2 Å². The van der Waals surface area contributed by atoms with E-state index >= 15 is 0 Å². The first kappa shape index (κ1) is 18.3. The van der Waals surface area contributed by atoms with Crippen LogP contribution in [0.25, 0.3) is 5.69 Å². The van der Waals surface area contributed by atoms with Gasteiger partial charge in [-0.05, 0) is 37.3 Å². The van der Waals surface area contributed by atoms with E-state index in [1.54, 1.807) is 29.7 Å². The molecule has 0 aliphatic heterocycles. The van der Waals surface area contributed by atoms with Gasteiger partial charge in [-0.25, -0.2) is 8.78 Å². The van der Waals surface area contributed by atoms with Gasteiger partial charge >= 0.3 is 0 Å². The molecule has 0 aliphatic carbocycles. The number of rotatable bonds is 5. The Hall–Kier alpha value is -2.45. The Balaban J connectivity index is 1.73. The number of amides is 1. The second-order valence-electron chi connectivity index (χ2n) is 5.34. The Labute approximate surface area is 157 Å². The van der Waals surface area contributed by atoms with Gasteiger partial charge in [0.2, 0.25) is 5.91 Å². The van der Waals surface area contributed by atoms with E-state index in [2.05, 4.69) is 15.5 Å². The van der Waals surface area contributed by atoms with E-state index in [9.17, 15) is 13.6 Å². The van der Waals surface area contributed by atoms with Crippen molar-refractivity contribution in [2.75, 3.05) is 5.32 Å². The predicted molar refractivity (Wildman–Crippen MR) is 96.7 cm³/mol. The molecule has 1 heterocycles. The van der Waals surface area contributed by atoms with E-state index in [0.717, 1.165) is 23.5 Å². The second-order valence-corrected chi connectivity index (χ2v) is 7.08. The molecule has 0 aliphatic rings. The Kier molecular flexibility index (Phi) is 5.53. The summed E-state index contributed by atoms with van der Waals surface area (Å²) in [6.45, 7) is 1.65. The lowest BCUT2D eigenvalue weighted by Crippen LogP contribution is -2.23. The highest BCUT2D eigenvalue weighted by Gasteiger charge is 2.20. The number of aromatic nitrogens is 3. The average molecular weight is 395 g/mol. The number of carbonyl (C=O) groups is 1. The van der Waals surface area contributed by atoms with Gasteiger partial charge in [-0.2, -0.15) is 0 Å². The summed E-state index contributed by atoms with van der Waals surface area (Å²) in [6.07, 6.45) is 1.51. The third kappa shape index (κ3) is 4.20. The van der Waals surface area contributed by atoms with E-state index in [1.165, 1.54) is 12.4 Å². The molecule has 1 unspecified atom stereocenters. The quantitative estimate of drug-likeness (QED) is 0.655. The normalized spacial score (nSPS) is 12.0. The lowest BCUT2D eigenvalue weighted by atomic mass is 10.3. The van der Waals surface area contributed by atoms with E-state index in [4.69, 9.17) is 11.6 Å². The van der Waals surface area contributed by atoms with Crippen molar-refractivity contribution in [3.63, 3.8) is 0 Å². The molecule has 1 aromatic heterocycles. The van der Waals surface area contributed by atoms with Crippen LogP contribution in [0.3, 0.4) is 0 Å². The molecule has 1 amide bonds. The van der Waals surface area contributed by atoms with Crippen LogP contribution in [0.1, 0.15) is 6.92 Å². The highest BCUT2D eigenvalue weighted by Crippen LogP contribution is 2.26. The van der Waals surface area contributed by atoms with Crippen molar-refractivity contribution in [1.82, 2.24) is 14.8 Å². The second kappa shape index (κ2) is 7.84. The van der Waals surface area contributed by atoms with Gasteiger partial charge in [0.05, 0.1) is 16.6 Å². The highest BCUT2D eigenvalue weighted by atomic mass is 35.5. The van der Waals surface area contributed by atoms with Crippen LogP contribution in [0, 0.1) is 11.6 Å². The summed E-state index contributed by atoms with van der Waals surface area (Å²) in [5, 5.41) is 10.8. The van der Waals surface area contributed by atoms with Crippen LogP contribution >= 0.6 is 23.4 Å². The van der Waals surface area contributed by atoms with Crippen LogP contribution in [0.5, 0.6) is 0 Å². The minimum atomic E-state index is -0.836. The molecule has 9 heteroatoms. The Morgan fingerprint density at radius 3 is 2.81 bits per heavy atom. The number of hydrogen-bond acceptors (Lipinski definition) is 4. The van der Waals surface area contributed by atoms with Crippen molar-refractivity contribution < 1.29 is 13.6 Å². The van der Waals surface area contributed by atoms with E-state index in [1.807, 2.05) is 6.07 Å². The van der Waals surface area contributed by atoms with Crippen molar-refractivity contribution in [1.29, 1.82) is 0 Å². The van der Waals surface area contributed by atoms with Gasteiger partial charge in [0.15, 0.2) is 5.16 Å². The zero-order valence-electron chi connectivity index (χ0n) is 13.5. The summed E-state index contributed by atoms with van der Waals surface area (Å²) in [7, 11) is 0. The molecule has 0 radical (unpaired) electrons. The summed E-state index contributed by atoms with van der Waals surface area (Å²) >= 11 is 7.15. The van der Waals surface area contributed by atoms with Crippen LogP contribution in [0.2, 0.25) is 5.02 Å². The Morgan fingerprint density at radius 2 is 2.08 bits per heavy atom. The molecule has 0 bridgehead atoms. The molecular weight excluding hydrogens is 382 g/mol. The molecule has 0 fully saturated rings. The summed E-state index contributed by atoms with van der Waals surface area (Å²) < 4.78 is 28.3. The van der Waals surface area contributed by atoms with Crippen LogP contribution in [0.15, 0.2) is 53.9 Å². The topological polar surface area (TPSA) is 59.8 Å². The monoisotopic (exact) mass is 394 g/mol. The molecule has 2 aromatic carbocycles. The molecule has 1 atom stereocenters. The van der Waals surface area contributed by atoms with Crippen LogP contribution in [-0.4, -0.2) is 25.9 Å². The fourth-order valence-corrected chi connectivity index (χ4v) is 3.17. The number of anilines is 1. The Bertz CT molecular complexity index is 950. The molecular formula is C17H13ClF2N4OS. The lowest BCUT2D eigenvalue weighted by Gasteiger charge is -2.13. The maximum absolute atomic E-state index is 13.7. The molecule has 1 N–H and O–H groups in total. The van der Waals surface area contributed by atoms with Gasteiger partial charge in [0, 0.05) is 11.1 Å². The number of benzene rings is 2. The highest BCUT2D eigenvalue weighted by molar-refractivity contribution is 8.00. The minimum Gasteiger partial charge on any atom is -0.323 e. The van der Waals surface area contributed by atoms with E-state index < -0.39 is 22.8 Å². The molecule has 0 spiro atoms. The largest absolute Gasteiger partial charge is 0.323 e. The maximum Gasteiger partial charge on any atom is 0.237 e. The van der Waals surface area contributed by atoms with Gasteiger partial charge in [0.1, 0.15) is 18.0 Å². The molecule has 0 saturated heterocycles. The van der Waals surface area contributed by atoms with Crippen molar-refractivity contribution in [2.45, 2.75) is 17.3 Å². The van der Waals surface area contributed by atoms with Crippen molar-refractivity contribution >= 4 is 35.0 Å². The molecule has 0 saturated carbocycles.